The van der Waals surface area contributed by atoms with Gasteiger partial charge in [-0.3, -0.25) is 4.79 Å². The first-order valence-corrected chi connectivity index (χ1v) is 12.0. The van der Waals surface area contributed by atoms with E-state index in [1.165, 1.54) is 0 Å². The molecule has 1 aliphatic heterocycles. The number of amides is 1. The molecule has 3 heterocycles. The summed E-state index contributed by atoms with van der Waals surface area (Å²) in [6.45, 7) is 10.3. The predicted octanol–water partition coefficient (Wildman–Crippen LogP) is 2.93. The van der Waals surface area contributed by atoms with Crippen LogP contribution >= 0.6 is 0 Å². The van der Waals surface area contributed by atoms with Gasteiger partial charge in [-0.1, -0.05) is 12.1 Å². The van der Waals surface area contributed by atoms with Gasteiger partial charge >= 0.3 is 0 Å². The number of aromatic nitrogens is 3. The van der Waals surface area contributed by atoms with Crippen LogP contribution in [0.4, 0.5) is 11.8 Å². The number of anilines is 2. The summed E-state index contributed by atoms with van der Waals surface area (Å²) in [5.74, 6) is 1.90. The Balaban J connectivity index is 1.70. The number of carbonyl (C=O) groups is 1. The minimum Gasteiger partial charge on any atom is -0.494 e. The van der Waals surface area contributed by atoms with Crippen molar-refractivity contribution in [2.75, 3.05) is 49.6 Å². The molecule has 188 valence electrons. The molecule has 10 heteroatoms. The first-order valence-electron chi connectivity index (χ1n) is 12.0. The Morgan fingerprint density at radius 1 is 1.14 bits per heavy atom. The number of ether oxygens (including phenoxy) is 1. The molecule has 0 spiro atoms. The average molecular weight is 483 g/mol. The van der Waals surface area contributed by atoms with Crippen molar-refractivity contribution in [1.29, 1.82) is 0 Å². The van der Waals surface area contributed by atoms with E-state index < -0.39 is 6.04 Å². The number of rotatable bonds is 8. The van der Waals surface area contributed by atoms with E-state index in [1.54, 1.807) is 16.4 Å². The number of fused-ring (bicyclic) bond motifs is 1. The van der Waals surface area contributed by atoms with Crippen LogP contribution in [0.25, 0.3) is 10.9 Å². The molecule has 3 aromatic rings. The third-order valence-corrected chi connectivity index (χ3v) is 6.31. The van der Waals surface area contributed by atoms with E-state index in [0.29, 0.717) is 55.5 Å². The van der Waals surface area contributed by atoms with Gasteiger partial charge in [0.2, 0.25) is 17.7 Å². The lowest BCUT2D eigenvalue weighted by Gasteiger charge is -2.34. The molecule has 1 saturated heterocycles. The summed E-state index contributed by atoms with van der Waals surface area (Å²) >= 11 is 0. The molecule has 0 unspecified atom stereocenters. The molecule has 4 rings (SSSR count). The smallest absolute Gasteiger partial charge is 0.228 e. The van der Waals surface area contributed by atoms with Gasteiger partial charge in [-0.05, 0) is 38.5 Å². The van der Waals surface area contributed by atoms with E-state index in [9.17, 15) is 15.0 Å². The number of aliphatic hydroxyl groups is 1. The van der Waals surface area contributed by atoms with Crippen LogP contribution < -0.4 is 15.0 Å². The van der Waals surface area contributed by atoms with Crippen molar-refractivity contribution < 1.29 is 19.7 Å². The van der Waals surface area contributed by atoms with Gasteiger partial charge in [-0.15, -0.1) is 0 Å². The van der Waals surface area contributed by atoms with Crippen LogP contribution in [0.1, 0.15) is 45.3 Å². The molecule has 0 bridgehead atoms. The molecule has 3 N–H and O–H groups in total. The zero-order valence-corrected chi connectivity index (χ0v) is 20.7. The van der Waals surface area contributed by atoms with Crippen molar-refractivity contribution in [3.05, 3.63) is 36.0 Å². The Labute approximate surface area is 205 Å². The van der Waals surface area contributed by atoms with Crippen LogP contribution in [0.15, 0.2) is 30.5 Å². The molecular weight excluding hydrogens is 448 g/mol. The molecule has 10 nitrogen and oxygen atoms in total. The van der Waals surface area contributed by atoms with Gasteiger partial charge < -0.3 is 34.6 Å². The molecule has 1 aromatic carbocycles. The molecule has 0 aliphatic carbocycles. The monoisotopic (exact) mass is 482 g/mol. The molecule has 2 aromatic heterocycles. The number of nitrogens with one attached hydrogen (secondary N) is 1. The van der Waals surface area contributed by atoms with Crippen molar-refractivity contribution >= 4 is 28.6 Å². The molecule has 1 aliphatic rings. The third kappa shape index (κ3) is 5.12. The van der Waals surface area contributed by atoms with Crippen LogP contribution in [0.5, 0.6) is 11.6 Å². The van der Waals surface area contributed by atoms with Gasteiger partial charge in [0.15, 0.2) is 0 Å². The number of hydrogen-bond donors (Lipinski definition) is 3. The Morgan fingerprint density at radius 2 is 1.83 bits per heavy atom. The summed E-state index contributed by atoms with van der Waals surface area (Å²) in [6.07, 6.45) is 1.84. The number of hydrogen-bond acceptors (Lipinski definition) is 8. The Kier molecular flexibility index (Phi) is 7.30. The van der Waals surface area contributed by atoms with Gasteiger partial charge in [-0.2, -0.15) is 4.98 Å². The van der Waals surface area contributed by atoms with Crippen LogP contribution in [0.2, 0.25) is 0 Å². The zero-order valence-electron chi connectivity index (χ0n) is 20.7. The van der Waals surface area contributed by atoms with E-state index in [4.69, 9.17) is 14.7 Å². The number of aromatic hydroxyl groups is 1. The van der Waals surface area contributed by atoms with Gasteiger partial charge in [0.1, 0.15) is 17.1 Å². The second-order valence-electron chi connectivity index (χ2n) is 8.96. The van der Waals surface area contributed by atoms with E-state index in [0.717, 1.165) is 11.3 Å². The second-order valence-corrected chi connectivity index (χ2v) is 8.96. The van der Waals surface area contributed by atoms with E-state index >= 15 is 0 Å². The average Bonchev–Trinajstić information content (AvgIpc) is 3.20. The lowest BCUT2D eigenvalue weighted by Crippen LogP contribution is -2.48. The van der Waals surface area contributed by atoms with Crippen molar-refractivity contribution in [3.8, 4) is 11.6 Å². The SMILES string of the molecule is CCOc1ccc([C@H](CO)Nc2nc(N3CCN(C(C)=O)CC3)nc3c(O)n(C(C)C)cc23)cc1. The zero-order chi connectivity index (χ0) is 25.1. The summed E-state index contributed by atoms with van der Waals surface area (Å²) < 4.78 is 7.29. The normalized spacial score (nSPS) is 15.0. The maximum atomic E-state index is 11.7. The van der Waals surface area contributed by atoms with E-state index in [1.807, 2.05) is 56.1 Å². The van der Waals surface area contributed by atoms with Gasteiger partial charge in [0.05, 0.1) is 24.6 Å². The van der Waals surface area contributed by atoms with E-state index in [-0.39, 0.29) is 24.4 Å². The highest BCUT2D eigenvalue weighted by atomic mass is 16.5. The van der Waals surface area contributed by atoms with Crippen molar-refractivity contribution in [3.63, 3.8) is 0 Å². The third-order valence-electron chi connectivity index (χ3n) is 6.31. The minimum atomic E-state index is -0.421. The number of carbonyl (C=O) groups excluding carboxylic acids is 1. The van der Waals surface area contributed by atoms with Crippen LogP contribution in [-0.4, -0.2) is 74.9 Å². The topological polar surface area (TPSA) is 116 Å². The summed E-state index contributed by atoms with van der Waals surface area (Å²) in [7, 11) is 0. The van der Waals surface area contributed by atoms with Crippen LogP contribution in [0, 0.1) is 0 Å². The highest BCUT2D eigenvalue weighted by Crippen LogP contribution is 2.35. The Hall–Kier alpha value is -3.53. The highest BCUT2D eigenvalue weighted by Gasteiger charge is 2.25. The standard InChI is InChI=1S/C25H34N6O4/c1-5-35-19-8-6-18(7-9-19)21(15-32)26-23-20-14-31(16(2)3)24(34)22(20)27-25(28-23)30-12-10-29(11-13-30)17(4)33/h6-9,14,16,21,32,34H,5,10-13,15H2,1-4H3,(H,26,27,28)/t21-/m0/s1. The largest absolute Gasteiger partial charge is 0.494 e. The Bertz CT molecular complexity index is 1170. The molecule has 0 radical (unpaired) electrons. The Morgan fingerprint density at radius 3 is 2.40 bits per heavy atom. The fourth-order valence-corrected chi connectivity index (χ4v) is 4.30. The van der Waals surface area contributed by atoms with Crippen LogP contribution in [-0.2, 0) is 4.79 Å². The lowest BCUT2D eigenvalue weighted by molar-refractivity contribution is -0.129. The molecule has 1 atom stereocenters. The van der Waals surface area contributed by atoms with Crippen molar-refractivity contribution in [2.24, 2.45) is 0 Å². The maximum Gasteiger partial charge on any atom is 0.228 e. The fourth-order valence-electron chi connectivity index (χ4n) is 4.30. The molecule has 0 saturated carbocycles. The first-order chi connectivity index (χ1) is 16.8. The maximum absolute atomic E-state index is 11.7. The van der Waals surface area contributed by atoms with Crippen LogP contribution in [0.3, 0.4) is 0 Å². The lowest BCUT2D eigenvalue weighted by atomic mass is 10.1. The van der Waals surface area contributed by atoms with Crippen molar-refractivity contribution in [1.82, 2.24) is 19.4 Å². The van der Waals surface area contributed by atoms with Gasteiger partial charge in [0.25, 0.3) is 0 Å². The minimum absolute atomic E-state index is 0.0272. The number of benzene rings is 1. The molecule has 35 heavy (non-hydrogen) atoms. The summed E-state index contributed by atoms with van der Waals surface area (Å²) in [4.78, 5) is 25.0. The molecular formula is C25H34N6O4. The summed E-state index contributed by atoms with van der Waals surface area (Å²) in [5.41, 5.74) is 1.33. The predicted molar refractivity (Wildman–Crippen MR) is 135 cm³/mol. The number of aliphatic hydroxyl groups excluding tert-OH is 1. The summed E-state index contributed by atoms with van der Waals surface area (Å²) in [6, 6.07) is 7.18. The first kappa shape index (κ1) is 24.6. The highest BCUT2D eigenvalue weighted by molar-refractivity contribution is 5.94. The quantitative estimate of drug-likeness (QED) is 0.449. The second kappa shape index (κ2) is 10.4. The summed E-state index contributed by atoms with van der Waals surface area (Å²) in [5, 5.41) is 25.2. The van der Waals surface area contributed by atoms with Crippen molar-refractivity contribution in [2.45, 2.75) is 39.8 Å². The number of piperazine rings is 1. The van der Waals surface area contributed by atoms with Gasteiger partial charge in [-0.25, -0.2) is 4.98 Å². The molecule has 1 amide bonds. The van der Waals surface area contributed by atoms with E-state index in [2.05, 4.69) is 5.32 Å². The molecule has 1 fully saturated rings. The number of nitrogens with zero attached hydrogens (tertiary/aromatic N) is 5. The van der Waals surface area contributed by atoms with Gasteiger partial charge in [0, 0.05) is 45.3 Å². The fraction of sp³-hybridized carbons (Fsp3) is 0.480.